The summed E-state index contributed by atoms with van der Waals surface area (Å²) in [5, 5.41) is 19.8. The smallest absolute Gasteiger partial charge is 0.269 e. The van der Waals surface area contributed by atoms with Crippen molar-refractivity contribution in [3.63, 3.8) is 0 Å². The Labute approximate surface area is 160 Å². The maximum absolute atomic E-state index is 12.4. The lowest BCUT2D eigenvalue weighted by Gasteiger charge is -2.27. The van der Waals surface area contributed by atoms with E-state index in [1.807, 2.05) is 11.6 Å². The normalized spacial score (nSPS) is 14.2. The van der Waals surface area contributed by atoms with Crippen LogP contribution in [0.25, 0.3) is 0 Å². The van der Waals surface area contributed by atoms with E-state index in [9.17, 15) is 14.9 Å². The summed E-state index contributed by atoms with van der Waals surface area (Å²) in [6, 6.07) is 5.87. The second-order valence-electron chi connectivity index (χ2n) is 5.96. The summed E-state index contributed by atoms with van der Waals surface area (Å²) in [7, 11) is 3.51. The number of amides is 1. The van der Waals surface area contributed by atoms with E-state index in [1.54, 1.807) is 19.2 Å². The Morgan fingerprint density at radius 2 is 1.96 bits per heavy atom. The minimum atomic E-state index is -0.471. The minimum absolute atomic E-state index is 0.0105. The van der Waals surface area contributed by atoms with E-state index in [1.165, 1.54) is 28.8 Å². The first-order valence-corrected chi connectivity index (χ1v) is 9.32. The second-order valence-corrected chi connectivity index (χ2v) is 6.90. The van der Waals surface area contributed by atoms with Crippen molar-refractivity contribution >= 4 is 35.0 Å². The van der Waals surface area contributed by atoms with Crippen molar-refractivity contribution in [2.24, 2.45) is 7.05 Å². The number of hydrogen-bond donors (Lipinski definition) is 0. The van der Waals surface area contributed by atoms with Gasteiger partial charge in [-0.2, -0.15) is 0 Å². The number of nitro groups is 1. The highest BCUT2D eigenvalue weighted by Gasteiger charge is 2.20. The zero-order valence-corrected chi connectivity index (χ0v) is 15.9. The maximum atomic E-state index is 12.4. The van der Waals surface area contributed by atoms with Crippen molar-refractivity contribution in [3.8, 4) is 0 Å². The first kappa shape index (κ1) is 19.1. The number of carbonyl (C=O) groups is 1. The fourth-order valence-electron chi connectivity index (χ4n) is 2.64. The molecule has 144 valence electrons. The highest BCUT2D eigenvalue weighted by atomic mass is 32.2. The fourth-order valence-corrected chi connectivity index (χ4v) is 3.46. The van der Waals surface area contributed by atoms with Gasteiger partial charge in [0.15, 0.2) is 5.16 Å². The molecule has 1 aliphatic rings. The van der Waals surface area contributed by atoms with Gasteiger partial charge in [0.25, 0.3) is 5.69 Å². The number of nitro benzene ring substituents is 1. The molecule has 2 aromatic rings. The van der Waals surface area contributed by atoms with Gasteiger partial charge in [-0.3, -0.25) is 19.5 Å². The van der Waals surface area contributed by atoms with Crippen LogP contribution in [-0.2, 0) is 16.6 Å². The van der Waals surface area contributed by atoms with E-state index in [2.05, 4.69) is 15.1 Å². The number of benzene rings is 1. The Morgan fingerprint density at radius 1 is 1.30 bits per heavy atom. The van der Waals surface area contributed by atoms with Gasteiger partial charge in [0, 0.05) is 45.0 Å². The van der Waals surface area contributed by atoms with Crippen molar-refractivity contribution in [1.29, 1.82) is 0 Å². The van der Waals surface area contributed by atoms with E-state index in [0.717, 1.165) is 19.0 Å². The molecule has 1 saturated heterocycles. The molecule has 0 spiro atoms. The van der Waals surface area contributed by atoms with Crippen LogP contribution < -0.4 is 9.80 Å². The average molecular weight is 392 g/mol. The summed E-state index contributed by atoms with van der Waals surface area (Å²) >= 11 is 1.30. The number of hydrogen-bond acceptors (Lipinski definition) is 8. The molecule has 0 saturated carbocycles. The zero-order valence-electron chi connectivity index (χ0n) is 15.1. The molecule has 1 amide bonds. The van der Waals surface area contributed by atoms with Crippen LogP contribution in [0.1, 0.15) is 0 Å². The van der Waals surface area contributed by atoms with Crippen LogP contribution >= 0.6 is 11.8 Å². The predicted molar refractivity (Wildman–Crippen MR) is 101 cm³/mol. The van der Waals surface area contributed by atoms with Crippen molar-refractivity contribution in [2.45, 2.75) is 5.16 Å². The van der Waals surface area contributed by atoms with Gasteiger partial charge < -0.3 is 14.5 Å². The molecule has 27 heavy (non-hydrogen) atoms. The SMILES string of the molecule is CN(C(=O)CSc1nnc(N2CCOCC2)n1C)c1ccc([N+](=O)[O-])cc1. The van der Waals surface area contributed by atoms with Crippen molar-refractivity contribution in [1.82, 2.24) is 14.8 Å². The van der Waals surface area contributed by atoms with Crippen LogP contribution in [-0.4, -0.2) is 64.7 Å². The number of ether oxygens (including phenoxy) is 1. The molecular weight excluding hydrogens is 372 g/mol. The average Bonchev–Trinajstić information content (AvgIpc) is 3.06. The molecule has 0 bridgehead atoms. The quantitative estimate of drug-likeness (QED) is 0.412. The van der Waals surface area contributed by atoms with Crippen LogP contribution in [0.3, 0.4) is 0 Å². The van der Waals surface area contributed by atoms with Crippen molar-refractivity contribution in [2.75, 3.05) is 48.9 Å². The molecule has 1 fully saturated rings. The lowest BCUT2D eigenvalue weighted by Crippen LogP contribution is -2.37. The fraction of sp³-hybridized carbons (Fsp3) is 0.438. The van der Waals surface area contributed by atoms with Crippen LogP contribution in [0.2, 0.25) is 0 Å². The van der Waals surface area contributed by atoms with Gasteiger partial charge in [-0.05, 0) is 12.1 Å². The summed E-state index contributed by atoms with van der Waals surface area (Å²) in [4.78, 5) is 26.3. The predicted octanol–water partition coefficient (Wildman–Crippen LogP) is 1.31. The largest absolute Gasteiger partial charge is 0.378 e. The second kappa shape index (κ2) is 8.35. The molecule has 3 rings (SSSR count). The highest BCUT2D eigenvalue weighted by molar-refractivity contribution is 7.99. The summed E-state index contributed by atoms with van der Waals surface area (Å²) < 4.78 is 7.21. The van der Waals surface area contributed by atoms with Gasteiger partial charge in [0.1, 0.15) is 0 Å². The van der Waals surface area contributed by atoms with Gasteiger partial charge in [-0.15, -0.1) is 10.2 Å². The number of non-ortho nitro benzene ring substituents is 1. The Hall–Kier alpha value is -2.66. The van der Waals surface area contributed by atoms with Crippen molar-refractivity contribution < 1.29 is 14.5 Å². The third-order valence-electron chi connectivity index (χ3n) is 4.25. The lowest BCUT2D eigenvalue weighted by atomic mass is 10.2. The third kappa shape index (κ3) is 4.37. The number of nitrogens with zero attached hydrogens (tertiary/aromatic N) is 6. The number of aromatic nitrogens is 3. The van der Waals surface area contributed by atoms with E-state index in [-0.39, 0.29) is 17.3 Å². The van der Waals surface area contributed by atoms with Crippen LogP contribution in [0.5, 0.6) is 0 Å². The Morgan fingerprint density at radius 3 is 2.59 bits per heavy atom. The van der Waals surface area contributed by atoms with E-state index >= 15 is 0 Å². The summed E-state index contributed by atoms with van der Waals surface area (Å²) in [5.41, 5.74) is 0.585. The monoisotopic (exact) mass is 392 g/mol. The lowest BCUT2D eigenvalue weighted by molar-refractivity contribution is -0.384. The maximum Gasteiger partial charge on any atom is 0.269 e. The summed E-state index contributed by atoms with van der Waals surface area (Å²) in [5.74, 6) is 0.810. The van der Waals surface area contributed by atoms with Gasteiger partial charge in [-0.25, -0.2) is 0 Å². The Kier molecular flexibility index (Phi) is 5.91. The van der Waals surface area contributed by atoms with Crippen LogP contribution in [0.15, 0.2) is 29.4 Å². The van der Waals surface area contributed by atoms with Gasteiger partial charge in [-0.1, -0.05) is 11.8 Å². The zero-order chi connectivity index (χ0) is 19.4. The van der Waals surface area contributed by atoms with E-state index in [4.69, 9.17) is 4.74 Å². The molecule has 0 atom stereocenters. The number of carbonyl (C=O) groups excluding carboxylic acids is 1. The molecule has 0 aliphatic carbocycles. The highest BCUT2D eigenvalue weighted by Crippen LogP contribution is 2.23. The van der Waals surface area contributed by atoms with Crippen molar-refractivity contribution in [3.05, 3.63) is 34.4 Å². The molecule has 1 aromatic heterocycles. The molecule has 1 aliphatic heterocycles. The minimum Gasteiger partial charge on any atom is -0.378 e. The molecule has 0 unspecified atom stereocenters. The molecule has 1 aromatic carbocycles. The Balaban J connectivity index is 1.60. The Bertz CT molecular complexity index is 819. The van der Waals surface area contributed by atoms with E-state index in [0.29, 0.717) is 24.1 Å². The van der Waals surface area contributed by atoms with Gasteiger partial charge in [0.05, 0.1) is 23.9 Å². The first-order valence-electron chi connectivity index (χ1n) is 8.33. The number of thioether (sulfide) groups is 1. The number of anilines is 2. The molecule has 10 nitrogen and oxygen atoms in total. The van der Waals surface area contributed by atoms with E-state index < -0.39 is 4.92 Å². The van der Waals surface area contributed by atoms with Crippen LogP contribution in [0.4, 0.5) is 17.3 Å². The summed E-state index contributed by atoms with van der Waals surface area (Å²) in [6.07, 6.45) is 0. The first-order chi connectivity index (χ1) is 13.0. The molecule has 11 heteroatoms. The number of morpholine rings is 1. The molecular formula is C16H20N6O4S. The summed E-state index contributed by atoms with van der Waals surface area (Å²) in [6.45, 7) is 2.85. The van der Waals surface area contributed by atoms with Gasteiger partial charge in [0.2, 0.25) is 11.9 Å². The number of rotatable bonds is 6. The molecule has 0 N–H and O–H groups in total. The molecule has 2 heterocycles. The third-order valence-corrected chi connectivity index (χ3v) is 5.26. The van der Waals surface area contributed by atoms with Gasteiger partial charge >= 0.3 is 0 Å². The van der Waals surface area contributed by atoms with Crippen LogP contribution in [0, 0.1) is 10.1 Å². The topological polar surface area (TPSA) is 107 Å². The molecule has 0 radical (unpaired) electrons. The standard InChI is InChI=1S/C16H20N6O4S/c1-19(12-3-5-13(6-4-12)22(24)25)14(23)11-27-16-18-17-15(20(16)2)21-7-9-26-10-8-21/h3-6H,7-11H2,1-2H3.